The number of nitrogens with zero attached hydrogens (tertiary/aromatic N) is 2. The first-order valence-electron chi connectivity index (χ1n) is 9.72. The van der Waals surface area contributed by atoms with Crippen molar-refractivity contribution in [1.29, 1.82) is 0 Å². The first-order valence-corrected chi connectivity index (χ1v) is 9.72. The van der Waals surface area contributed by atoms with E-state index in [0.717, 1.165) is 31.0 Å². The van der Waals surface area contributed by atoms with Gasteiger partial charge in [0.25, 0.3) is 5.91 Å². The van der Waals surface area contributed by atoms with Crippen LogP contribution in [0.5, 0.6) is 0 Å². The minimum absolute atomic E-state index is 0.0473. The molecule has 5 heteroatoms. The Kier molecular flexibility index (Phi) is 6.84. The van der Waals surface area contributed by atoms with Crippen molar-refractivity contribution in [1.82, 2.24) is 15.5 Å². The number of carbonyl (C=O) groups is 1. The van der Waals surface area contributed by atoms with Crippen molar-refractivity contribution in [3.63, 3.8) is 0 Å². The molecule has 1 aliphatic heterocycles. The summed E-state index contributed by atoms with van der Waals surface area (Å²) in [4.78, 5) is 18.8. The predicted molar refractivity (Wildman–Crippen MR) is 115 cm³/mol. The minimum Gasteiger partial charge on any atom is -0.354 e. The smallest absolute Gasteiger partial charge is 0.251 e. The van der Waals surface area contributed by atoms with E-state index in [-0.39, 0.29) is 5.91 Å². The fourth-order valence-corrected chi connectivity index (χ4v) is 3.35. The summed E-state index contributed by atoms with van der Waals surface area (Å²) in [7, 11) is 1.80. The Morgan fingerprint density at radius 1 is 1.07 bits per heavy atom. The van der Waals surface area contributed by atoms with E-state index in [2.05, 4.69) is 50.9 Å². The number of benzene rings is 2. The number of hydrogen-bond acceptors (Lipinski definition) is 2. The van der Waals surface area contributed by atoms with Gasteiger partial charge in [-0.15, -0.1) is 0 Å². The largest absolute Gasteiger partial charge is 0.354 e. The third-order valence-corrected chi connectivity index (χ3v) is 4.84. The molecule has 2 N–H and O–H groups in total. The number of aryl methyl sites for hydroxylation is 1. The quantitative estimate of drug-likeness (QED) is 0.479. The number of carbonyl (C=O) groups excluding carboxylic acids is 1. The Morgan fingerprint density at radius 3 is 2.54 bits per heavy atom. The molecule has 2 aromatic carbocycles. The van der Waals surface area contributed by atoms with E-state index in [1.165, 1.54) is 11.1 Å². The topological polar surface area (TPSA) is 56.7 Å². The van der Waals surface area contributed by atoms with Crippen LogP contribution in [0.15, 0.2) is 65.7 Å². The first kappa shape index (κ1) is 19.7. The molecule has 0 unspecified atom stereocenters. The van der Waals surface area contributed by atoms with Crippen LogP contribution >= 0.6 is 0 Å². The van der Waals surface area contributed by atoms with Crippen molar-refractivity contribution >= 4 is 17.4 Å². The van der Waals surface area contributed by atoms with E-state index < -0.39 is 0 Å². The van der Waals surface area contributed by atoms with E-state index in [0.29, 0.717) is 18.7 Å². The number of amides is 1. The second-order valence-electron chi connectivity index (χ2n) is 6.89. The summed E-state index contributed by atoms with van der Waals surface area (Å²) >= 11 is 0. The van der Waals surface area contributed by atoms with Crippen molar-refractivity contribution < 1.29 is 4.79 Å². The lowest BCUT2D eigenvalue weighted by atomic mass is 10.00. The van der Waals surface area contributed by atoms with Crippen molar-refractivity contribution in [3.8, 4) is 0 Å². The number of guanidine groups is 1. The van der Waals surface area contributed by atoms with Crippen molar-refractivity contribution in [3.05, 3.63) is 77.4 Å². The second kappa shape index (κ2) is 9.74. The summed E-state index contributed by atoms with van der Waals surface area (Å²) in [5.41, 5.74) is 4.46. The monoisotopic (exact) mass is 376 g/mol. The maximum atomic E-state index is 12.2. The number of rotatable bonds is 5. The van der Waals surface area contributed by atoms with E-state index in [9.17, 15) is 4.79 Å². The molecule has 0 radical (unpaired) electrons. The molecule has 28 heavy (non-hydrogen) atoms. The highest BCUT2D eigenvalue weighted by molar-refractivity contribution is 5.94. The van der Waals surface area contributed by atoms with Gasteiger partial charge in [-0.25, -0.2) is 0 Å². The molecule has 0 saturated heterocycles. The summed E-state index contributed by atoms with van der Waals surface area (Å²) in [5.74, 6) is 0.821. The Hall–Kier alpha value is -3.08. The number of aliphatic imine (C=N–C) groups is 1. The highest BCUT2D eigenvalue weighted by Gasteiger charge is 2.16. The standard InChI is InChI=1S/C23H28N4O/c1-18-7-6-10-21(17-18)22(28)25-13-14-26-23(24-2)27-15-11-20(12-16-27)19-8-4-3-5-9-19/h3-11,17H,12-16H2,1-2H3,(H,24,26)(H,25,28). The fraction of sp³-hybridized carbons (Fsp3) is 0.304. The van der Waals surface area contributed by atoms with Crippen LogP contribution in [0.4, 0.5) is 0 Å². The van der Waals surface area contributed by atoms with Crippen molar-refractivity contribution in [2.24, 2.45) is 4.99 Å². The van der Waals surface area contributed by atoms with Gasteiger partial charge in [-0.05, 0) is 36.6 Å². The SMILES string of the molecule is CN=C(NCCNC(=O)c1cccc(C)c1)N1CC=C(c2ccccc2)CC1. The lowest BCUT2D eigenvalue weighted by molar-refractivity contribution is 0.0954. The minimum atomic E-state index is -0.0473. The van der Waals surface area contributed by atoms with Gasteiger partial charge in [0.1, 0.15) is 0 Å². The molecule has 3 rings (SSSR count). The Bertz CT molecular complexity index is 858. The van der Waals surface area contributed by atoms with Gasteiger partial charge in [-0.3, -0.25) is 9.79 Å². The first-order chi connectivity index (χ1) is 13.7. The molecule has 146 valence electrons. The normalized spacial score (nSPS) is 14.4. The van der Waals surface area contributed by atoms with Crippen LogP contribution in [-0.2, 0) is 0 Å². The predicted octanol–water partition coefficient (Wildman–Crippen LogP) is 3.09. The van der Waals surface area contributed by atoms with Crippen molar-refractivity contribution in [2.75, 3.05) is 33.2 Å². The average Bonchev–Trinajstić information content (AvgIpc) is 2.74. The zero-order valence-corrected chi connectivity index (χ0v) is 16.6. The van der Waals surface area contributed by atoms with Gasteiger partial charge >= 0.3 is 0 Å². The zero-order valence-electron chi connectivity index (χ0n) is 16.6. The summed E-state index contributed by atoms with van der Waals surface area (Å²) < 4.78 is 0. The molecular weight excluding hydrogens is 348 g/mol. The Morgan fingerprint density at radius 2 is 1.86 bits per heavy atom. The Labute approximate surface area is 167 Å². The highest BCUT2D eigenvalue weighted by atomic mass is 16.1. The van der Waals surface area contributed by atoms with E-state index >= 15 is 0 Å². The molecule has 5 nitrogen and oxygen atoms in total. The van der Waals surface area contributed by atoms with Gasteiger partial charge in [0.05, 0.1) is 0 Å². The molecule has 1 aliphatic rings. The van der Waals surface area contributed by atoms with Crippen LogP contribution in [0.3, 0.4) is 0 Å². The maximum Gasteiger partial charge on any atom is 0.251 e. The molecule has 0 spiro atoms. The molecule has 1 amide bonds. The lowest BCUT2D eigenvalue weighted by Gasteiger charge is -2.29. The molecule has 1 heterocycles. The molecule has 0 atom stereocenters. The second-order valence-corrected chi connectivity index (χ2v) is 6.89. The molecule has 0 saturated carbocycles. The van der Waals surface area contributed by atoms with Gasteiger partial charge < -0.3 is 15.5 Å². The third kappa shape index (κ3) is 5.22. The zero-order chi connectivity index (χ0) is 19.8. The fourth-order valence-electron chi connectivity index (χ4n) is 3.35. The van der Waals surface area contributed by atoms with E-state index in [1.807, 2.05) is 37.3 Å². The van der Waals surface area contributed by atoms with E-state index in [4.69, 9.17) is 0 Å². The summed E-state index contributed by atoms with van der Waals surface area (Å²) in [5, 5.41) is 6.29. The van der Waals surface area contributed by atoms with Crippen LogP contribution in [0, 0.1) is 6.92 Å². The Balaban J connectivity index is 1.45. The average molecular weight is 377 g/mol. The number of nitrogens with one attached hydrogen (secondary N) is 2. The maximum absolute atomic E-state index is 12.2. The van der Waals surface area contributed by atoms with Crippen LogP contribution in [0.2, 0.25) is 0 Å². The van der Waals surface area contributed by atoms with E-state index in [1.54, 1.807) is 7.05 Å². The van der Waals surface area contributed by atoms with Gasteiger partial charge in [0, 0.05) is 38.8 Å². The number of hydrogen-bond donors (Lipinski definition) is 2. The summed E-state index contributed by atoms with van der Waals surface area (Å²) in [6.07, 6.45) is 3.26. The van der Waals surface area contributed by atoms with Crippen molar-refractivity contribution in [2.45, 2.75) is 13.3 Å². The van der Waals surface area contributed by atoms with Gasteiger partial charge in [-0.2, -0.15) is 0 Å². The van der Waals surface area contributed by atoms with Crippen LogP contribution in [0.25, 0.3) is 5.57 Å². The lowest BCUT2D eigenvalue weighted by Crippen LogP contribution is -2.45. The summed E-state index contributed by atoms with van der Waals surface area (Å²) in [6.45, 7) is 4.93. The molecule has 0 aliphatic carbocycles. The van der Waals surface area contributed by atoms with Crippen LogP contribution in [0.1, 0.15) is 27.9 Å². The molecule has 2 aromatic rings. The van der Waals surface area contributed by atoms with Crippen LogP contribution < -0.4 is 10.6 Å². The molecule has 0 fully saturated rings. The van der Waals surface area contributed by atoms with Gasteiger partial charge in [0.15, 0.2) is 5.96 Å². The third-order valence-electron chi connectivity index (χ3n) is 4.84. The molecular formula is C23H28N4O. The molecule has 0 aromatic heterocycles. The van der Waals surface area contributed by atoms with Crippen LogP contribution in [-0.4, -0.2) is 50.0 Å². The molecule has 0 bridgehead atoms. The van der Waals surface area contributed by atoms with Gasteiger partial charge in [-0.1, -0.05) is 54.1 Å². The van der Waals surface area contributed by atoms with Gasteiger partial charge in [0.2, 0.25) is 0 Å². The highest BCUT2D eigenvalue weighted by Crippen LogP contribution is 2.21. The summed E-state index contributed by atoms with van der Waals surface area (Å²) in [6, 6.07) is 18.1.